The first-order valence-corrected chi connectivity index (χ1v) is 11.2. The maximum Gasteiger partial charge on any atom is 0.234 e. The topological polar surface area (TPSA) is 100 Å². The van der Waals surface area contributed by atoms with Crippen LogP contribution in [0.4, 0.5) is 11.4 Å². The van der Waals surface area contributed by atoms with Crippen molar-refractivity contribution < 1.29 is 13.2 Å². The predicted octanol–water partition coefficient (Wildman–Crippen LogP) is 0.628. The number of sulfonamides is 1. The molecule has 0 atom stereocenters. The molecule has 1 saturated heterocycles. The number of benzene rings is 1. The summed E-state index contributed by atoms with van der Waals surface area (Å²) >= 11 is 1.32. The Morgan fingerprint density at radius 3 is 2.41 bits per heavy atom. The number of hydrogen-bond donors (Lipinski definition) is 1. The third-order valence-corrected chi connectivity index (χ3v) is 6.56. The van der Waals surface area contributed by atoms with Crippen molar-refractivity contribution in [1.82, 2.24) is 19.1 Å². The first-order valence-electron chi connectivity index (χ1n) is 8.40. The minimum absolute atomic E-state index is 0.113. The lowest BCUT2D eigenvalue weighted by atomic mass is 10.2. The molecule has 0 saturated carbocycles. The van der Waals surface area contributed by atoms with Crippen LogP contribution in [0.5, 0.6) is 0 Å². The lowest BCUT2D eigenvalue weighted by Crippen LogP contribution is -2.48. The molecule has 0 aliphatic carbocycles. The zero-order chi connectivity index (χ0) is 19.4. The Bertz CT molecular complexity index is 889. The molecule has 0 unspecified atom stereocenters. The van der Waals surface area contributed by atoms with Crippen LogP contribution in [0.25, 0.3) is 0 Å². The molecule has 1 aromatic carbocycles. The fourth-order valence-electron chi connectivity index (χ4n) is 2.76. The van der Waals surface area contributed by atoms with Crippen LogP contribution >= 0.6 is 11.8 Å². The normalized spacial score (nSPS) is 15.7. The molecule has 2 aromatic rings. The molecule has 2 heterocycles. The van der Waals surface area contributed by atoms with Gasteiger partial charge in [-0.05, 0) is 24.3 Å². The molecule has 146 valence electrons. The van der Waals surface area contributed by atoms with Crippen LogP contribution in [0.15, 0.2) is 35.7 Å². The number of thioether (sulfide) groups is 1. The Kier molecular flexibility index (Phi) is 6.02. The van der Waals surface area contributed by atoms with E-state index in [0.717, 1.165) is 11.4 Å². The quantitative estimate of drug-likeness (QED) is 0.697. The summed E-state index contributed by atoms with van der Waals surface area (Å²) < 4.78 is 26.4. The number of aromatic nitrogens is 3. The summed E-state index contributed by atoms with van der Waals surface area (Å²) in [5.74, 6) is 0.138. The molecule has 1 aromatic heterocycles. The van der Waals surface area contributed by atoms with Gasteiger partial charge in [-0.3, -0.25) is 4.79 Å². The molecule has 0 spiro atoms. The maximum atomic E-state index is 12.1. The van der Waals surface area contributed by atoms with Gasteiger partial charge in [0.05, 0.1) is 12.0 Å². The van der Waals surface area contributed by atoms with E-state index in [0.29, 0.717) is 31.3 Å². The second-order valence-electron chi connectivity index (χ2n) is 6.26. The van der Waals surface area contributed by atoms with Gasteiger partial charge < -0.3 is 14.8 Å². The highest BCUT2D eigenvalue weighted by Gasteiger charge is 2.23. The van der Waals surface area contributed by atoms with Crippen molar-refractivity contribution in [3.8, 4) is 0 Å². The molecule has 9 nitrogen and oxygen atoms in total. The monoisotopic (exact) mass is 410 g/mol. The highest BCUT2D eigenvalue weighted by molar-refractivity contribution is 7.99. The number of nitrogens with one attached hydrogen (secondary N) is 1. The Morgan fingerprint density at radius 2 is 1.85 bits per heavy atom. The summed E-state index contributed by atoms with van der Waals surface area (Å²) in [5.41, 5.74) is 1.73. The third-order valence-electron chi connectivity index (χ3n) is 4.23. The number of amides is 1. The number of carbonyl (C=O) groups is 1. The van der Waals surface area contributed by atoms with Gasteiger partial charge in [0.1, 0.15) is 6.33 Å². The lowest BCUT2D eigenvalue weighted by Gasteiger charge is -2.34. The minimum Gasteiger partial charge on any atom is -0.369 e. The van der Waals surface area contributed by atoms with Gasteiger partial charge in [0.25, 0.3) is 0 Å². The standard InChI is InChI=1S/C16H22N6O3S2/c1-20-12-17-19-16(20)26-11-15(23)18-13-3-5-14(6-4-13)21-7-9-22(10-8-21)27(2,24)25/h3-6,12H,7-11H2,1-2H3,(H,18,23). The first kappa shape index (κ1) is 19.6. The number of nitrogens with zero attached hydrogens (tertiary/aromatic N) is 5. The molecule has 1 amide bonds. The van der Waals surface area contributed by atoms with Gasteiger partial charge in [0, 0.05) is 44.6 Å². The van der Waals surface area contributed by atoms with Gasteiger partial charge in [-0.25, -0.2) is 8.42 Å². The van der Waals surface area contributed by atoms with Crippen molar-refractivity contribution in [3.63, 3.8) is 0 Å². The SMILES string of the molecule is Cn1cnnc1SCC(=O)Nc1ccc(N2CCN(S(C)(=O)=O)CC2)cc1. The van der Waals surface area contributed by atoms with Crippen LogP contribution in [0.3, 0.4) is 0 Å². The van der Waals surface area contributed by atoms with Crippen molar-refractivity contribution in [2.45, 2.75) is 5.16 Å². The van der Waals surface area contributed by atoms with Crippen molar-refractivity contribution in [2.24, 2.45) is 7.05 Å². The van der Waals surface area contributed by atoms with Crippen molar-refractivity contribution in [2.75, 3.05) is 48.4 Å². The van der Waals surface area contributed by atoms with Crippen LogP contribution in [-0.2, 0) is 21.9 Å². The average Bonchev–Trinajstić information content (AvgIpc) is 3.05. The van der Waals surface area contributed by atoms with Gasteiger partial charge in [0.2, 0.25) is 15.9 Å². The molecular weight excluding hydrogens is 388 g/mol. The second-order valence-corrected chi connectivity index (χ2v) is 9.18. The summed E-state index contributed by atoms with van der Waals surface area (Å²) in [6.45, 7) is 2.26. The summed E-state index contributed by atoms with van der Waals surface area (Å²) in [7, 11) is -1.30. The van der Waals surface area contributed by atoms with Crippen LogP contribution in [0.1, 0.15) is 0 Å². The van der Waals surface area contributed by atoms with E-state index in [9.17, 15) is 13.2 Å². The van der Waals surface area contributed by atoms with E-state index in [1.165, 1.54) is 22.3 Å². The molecule has 0 radical (unpaired) electrons. The van der Waals surface area contributed by atoms with E-state index < -0.39 is 10.0 Å². The lowest BCUT2D eigenvalue weighted by molar-refractivity contribution is -0.113. The summed E-state index contributed by atoms with van der Waals surface area (Å²) in [6.07, 6.45) is 2.83. The molecule has 27 heavy (non-hydrogen) atoms. The van der Waals surface area contributed by atoms with Crippen LogP contribution in [0.2, 0.25) is 0 Å². The van der Waals surface area contributed by atoms with Crippen LogP contribution in [-0.4, -0.2) is 71.6 Å². The Labute approximate surface area is 162 Å². The van der Waals surface area contributed by atoms with E-state index in [-0.39, 0.29) is 11.7 Å². The van der Waals surface area contributed by atoms with Crippen LogP contribution in [0, 0.1) is 0 Å². The van der Waals surface area contributed by atoms with Gasteiger partial charge >= 0.3 is 0 Å². The fourth-order valence-corrected chi connectivity index (χ4v) is 4.28. The zero-order valence-corrected chi connectivity index (χ0v) is 16.8. The summed E-state index contributed by atoms with van der Waals surface area (Å²) in [5, 5.41) is 11.2. The smallest absolute Gasteiger partial charge is 0.234 e. The molecule has 1 fully saturated rings. The Balaban J connectivity index is 1.50. The molecule has 11 heteroatoms. The van der Waals surface area contributed by atoms with Gasteiger partial charge in [0.15, 0.2) is 5.16 Å². The Hall–Kier alpha value is -2.11. The number of aryl methyl sites for hydroxylation is 1. The number of piperazine rings is 1. The van der Waals surface area contributed by atoms with Crippen LogP contribution < -0.4 is 10.2 Å². The minimum atomic E-state index is -3.13. The second kappa shape index (κ2) is 8.28. The molecule has 1 aliphatic heterocycles. The van der Waals surface area contributed by atoms with Gasteiger partial charge in [-0.1, -0.05) is 11.8 Å². The summed E-state index contributed by atoms with van der Waals surface area (Å²) in [6, 6.07) is 7.56. The van der Waals surface area contributed by atoms with Crippen molar-refractivity contribution >= 4 is 39.1 Å². The first-order chi connectivity index (χ1) is 12.8. The van der Waals surface area contributed by atoms with Gasteiger partial charge in [-0.15, -0.1) is 10.2 Å². The van der Waals surface area contributed by atoms with E-state index in [1.807, 2.05) is 31.3 Å². The highest BCUT2D eigenvalue weighted by atomic mass is 32.2. The molecule has 1 N–H and O–H groups in total. The number of hydrogen-bond acceptors (Lipinski definition) is 7. The molecule has 0 bridgehead atoms. The molecule has 3 rings (SSSR count). The number of rotatable bonds is 6. The average molecular weight is 411 g/mol. The molecular formula is C16H22N6O3S2. The van der Waals surface area contributed by atoms with Crippen molar-refractivity contribution in [3.05, 3.63) is 30.6 Å². The Morgan fingerprint density at radius 1 is 1.19 bits per heavy atom. The van der Waals surface area contributed by atoms with E-state index in [2.05, 4.69) is 20.4 Å². The van der Waals surface area contributed by atoms with E-state index in [4.69, 9.17) is 0 Å². The zero-order valence-electron chi connectivity index (χ0n) is 15.2. The number of carbonyl (C=O) groups excluding carboxylic acids is 1. The summed E-state index contributed by atoms with van der Waals surface area (Å²) in [4.78, 5) is 14.2. The predicted molar refractivity (Wildman–Crippen MR) is 105 cm³/mol. The molecule has 1 aliphatic rings. The largest absolute Gasteiger partial charge is 0.369 e. The third kappa shape index (κ3) is 5.21. The number of anilines is 2. The van der Waals surface area contributed by atoms with E-state index >= 15 is 0 Å². The van der Waals surface area contributed by atoms with E-state index in [1.54, 1.807) is 10.9 Å². The highest BCUT2D eigenvalue weighted by Crippen LogP contribution is 2.21. The van der Waals surface area contributed by atoms with Gasteiger partial charge in [-0.2, -0.15) is 4.31 Å². The van der Waals surface area contributed by atoms with Crippen molar-refractivity contribution in [1.29, 1.82) is 0 Å². The fraction of sp³-hybridized carbons (Fsp3) is 0.438. The maximum absolute atomic E-state index is 12.1.